The maximum absolute atomic E-state index is 13.2. The Morgan fingerprint density at radius 1 is 1.21 bits per heavy atom. The molecular formula is C22H17N3O7S. The fourth-order valence-electron chi connectivity index (χ4n) is 3.97. The van der Waals surface area contributed by atoms with Gasteiger partial charge >= 0.3 is 0 Å². The van der Waals surface area contributed by atoms with Gasteiger partial charge in [0.25, 0.3) is 17.5 Å². The minimum Gasteiger partial charge on any atom is -0.456 e. The molecule has 1 saturated heterocycles. The molecule has 33 heavy (non-hydrogen) atoms. The van der Waals surface area contributed by atoms with Crippen LogP contribution in [0.5, 0.6) is 0 Å². The minimum atomic E-state index is -3.38. The minimum absolute atomic E-state index is 0.0129. The first-order valence-corrected chi connectivity index (χ1v) is 11.7. The van der Waals surface area contributed by atoms with Crippen LogP contribution in [-0.2, 0) is 19.4 Å². The van der Waals surface area contributed by atoms with E-state index in [0.717, 1.165) is 4.90 Å². The average Bonchev–Trinajstić information content (AvgIpc) is 3.37. The highest BCUT2D eigenvalue weighted by molar-refractivity contribution is 7.91. The standard InChI is InChI=1S/C22H17N3O7S/c1-13-17(10-15-6-7-20(32-15)16-4-2-3-5-19(16)25(28)29)21(26)24(22(27)18(13)11-23)14-8-9-33(30,31)12-14/h2-7,10,14H,8-9,12H2,1H3/b17-10-. The number of carbonyl (C=O) groups excluding carboxylic acids is 2. The summed E-state index contributed by atoms with van der Waals surface area (Å²) in [6, 6.07) is 9.99. The summed E-state index contributed by atoms with van der Waals surface area (Å²) in [5.74, 6) is -1.65. The molecule has 10 nitrogen and oxygen atoms in total. The van der Waals surface area contributed by atoms with E-state index in [1.54, 1.807) is 12.1 Å². The van der Waals surface area contributed by atoms with E-state index < -0.39 is 32.6 Å². The Kier molecular flexibility index (Phi) is 5.47. The molecule has 0 N–H and O–H groups in total. The van der Waals surface area contributed by atoms with Gasteiger partial charge < -0.3 is 4.42 Å². The summed E-state index contributed by atoms with van der Waals surface area (Å²) < 4.78 is 29.5. The molecule has 168 valence electrons. The van der Waals surface area contributed by atoms with E-state index in [9.17, 15) is 33.4 Å². The lowest BCUT2D eigenvalue weighted by atomic mass is 9.93. The number of imide groups is 1. The first kappa shape index (κ1) is 22.2. The van der Waals surface area contributed by atoms with Gasteiger partial charge in [0, 0.05) is 11.6 Å². The van der Waals surface area contributed by atoms with Crippen LogP contribution in [0.1, 0.15) is 19.1 Å². The van der Waals surface area contributed by atoms with E-state index in [-0.39, 0.29) is 57.4 Å². The summed E-state index contributed by atoms with van der Waals surface area (Å²) in [6.07, 6.45) is 1.45. The van der Waals surface area contributed by atoms with E-state index in [0.29, 0.717) is 0 Å². The van der Waals surface area contributed by atoms with Crippen molar-refractivity contribution < 1.29 is 27.3 Å². The molecule has 2 aliphatic rings. The maximum Gasteiger partial charge on any atom is 0.280 e. The van der Waals surface area contributed by atoms with Crippen LogP contribution in [0, 0.1) is 21.4 Å². The van der Waals surface area contributed by atoms with Crippen LogP contribution < -0.4 is 0 Å². The first-order chi connectivity index (χ1) is 15.6. The Hall–Kier alpha value is -4.04. The Morgan fingerprint density at radius 2 is 1.94 bits per heavy atom. The number of hydrogen-bond acceptors (Lipinski definition) is 8. The highest BCUT2D eigenvalue weighted by Gasteiger charge is 2.43. The molecule has 0 radical (unpaired) electrons. The average molecular weight is 467 g/mol. The Morgan fingerprint density at radius 3 is 2.58 bits per heavy atom. The first-order valence-electron chi connectivity index (χ1n) is 9.88. The van der Waals surface area contributed by atoms with Gasteiger partial charge in [0.1, 0.15) is 23.2 Å². The van der Waals surface area contributed by atoms with E-state index >= 15 is 0 Å². The second-order valence-electron chi connectivity index (χ2n) is 7.68. The third-order valence-electron chi connectivity index (χ3n) is 5.63. The number of carbonyl (C=O) groups is 2. The molecule has 0 spiro atoms. The van der Waals surface area contributed by atoms with Crippen molar-refractivity contribution in [3.05, 3.63) is 69.0 Å². The number of nitriles is 1. The van der Waals surface area contributed by atoms with Gasteiger partial charge in [0.05, 0.1) is 28.0 Å². The molecule has 0 aliphatic carbocycles. The Balaban J connectivity index is 1.76. The summed E-state index contributed by atoms with van der Waals surface area (Å²) in [6.45, 7) is 1.45. The summed E-state index contributed by atoms with van der Waals surface area (Å²) in [5, 5.41) is 20.8. The summed E-state index contributed by atoms with van der Waals surface area (Å²) in [5.41, 5.74) is 0.00435. The van der Waals surface area contributed by atoms with Gasteiger partial charge in [-0.25, -0.2) is 8.42 Å². The lowest BCUT2D eigenvalue weighted by molar-refractivity contribution is -0.384. The van der Waals surface area contributed by atoms with Crippen LogP contribution in [0.2, 0.25) is 0 Å². The second kappa shape index (κ2) is 8.14. The van der Waals surface area contributed by atoms with Gasteiger partial charge in [-0.05, 0) is 43.2 Å². The van der Waals surface area contributed by atoms with E-state index in [4.69, 9.17) is 4.42 Å². The summed E-state index contributed by atoms with van der Waals surface area (Å²) in [7, 11) is -3.38. The van der Waals surface area contributed by atoms with Gasteiger partial charge in [0.15, 0.2) is 9.84 Å². The summed E-state index contributed by atoms with van der Waals surface area (Å²) >= 11 is 0. The molecule has 1 unspecified atom stereocenters. The van der Waals surface area contributed by atoms with Crippen LogP contribution >= 0.6 is 0 Å². The molecule has 2 aromatic rings. The van der Waals surface area contributed by atoms with Crippen LogP contribution in [0.4, 0.5) is 5.69 Å². The number of nitro benzene ring substituents is 1. The normalized spacial score (nSPS) is 21.5. The predicted molar refractivity (Wildman–Crippen MR) is 116 cm³/mol. The molecule has 3 heterocycles. The van der Waals surface area contributed by atoms with Crippen LogP contribution in [0.3, 0.4) is 0 Å². The smallest absolute Gasteiger partial charge is 0.280 e. The quantitative estimate of drug-likeness (QED) is 0.288. The molecule has 1 atom stereocenters. The lowest BCUT2D eigenvalue weighted by Gasteiger charge is -2.31. The van der Waals surface area contributed by atoms with Crippen molar-refractivity contribution in [2.45, 2.75) is 19.4 Å². The van der Waals surface area contributed by atoms with Crippen LogP contribution in [0.15, 0.2) is 57.5 Å². The van der Waals surface area contributed by atoms with Crippen LogP contribution in [0.25, 0.3) is 17.4 Å². The van der Waals surface area contributed by atoms with E-state index in [1.807, 2.05) is 0 Å². The number of rotatable bonds is 4. The van der Waals surface area contributed by atoms with Crippen LogP contribution in [-0.4, -0.2) is 47.6 Å². The highest BCUT2D eigenvalue weighted by Crippen LogP contribution is 2.34. The lowest BCUT2D eigenvalue weighted by Crippen LogP contribution is -2.49. The largest absolute Gasteiger partial charge is 0.456 e. The fraction of sp³-hybridized carbons (Fsp3) is 0.227. The molecule has 1 aromatic heterocycles. The molecule has 11 heteroatoms. The zero-order valence-corrected chi connectivity index (χ0v) is 18.2. The molecular weight excluding hydrogens is 450 g/mol. The van der Waals surface area contributed by atoms with Crippen molar-refractivity contribution in [1.29, 1.82) is 5.26 Å². The van der Waals surface area contributed by atoms with Gasteiger partial charge in [-0.1, -0.05) is 12.1 Å². The van der Waals surface area contributed by atoms with Gasteiger partial charge in [0.2, 0.25) is 0 Å². The number of furan rings is 1. The number of nitrogens with zero attached hydrogens (tertiary/aromatic N) is 3. The number of hydrogen-bond donors (Lipinski definition) is 0. The van der Waals surface area contributed by atoms with Crippen molar-refractivity contribution in [1.82, 2.24) is 4.90 Å². The van der Waals surface area contributed by atoms with Gasteiger partial charge in [-0.15, -0.1) is 0 Å². The molecule has 1 fully saturated rings. The molecule has 2 amide bonds. The number of nitro groups is 1. The van der Waals surface area contributed by atoms with E-state index in [1.165, 1.54) is 43.3 Å². The third kappa shape index (κ3) is 3.96. The Bertz CT molecular complexity index is 1410. The predicted octanol–water partition coefficient (Wildman–Crippen LogP) is 2.63. The van der Waals surface area contributed by atoms with Crippen molar-refractivity contribution in [3.63, 3.8) is 0 Å². The maximum atomic E-state index is 13.2. The molecule has 1 aromatic carbocycles. The summed E-state index contributed by atoms with van der Waals surface area (Å²) in [4.78, 5) is 37.6. The monoisotopic (exact) mass is 467 g/mol. The molecule has 2 aliphatic heterocycles. The van der Waals surface area contributed by atoms with Gasteiger partial charge in [-0.3, -0.25) is 24.6 Å². The Labute approximate surface area is 188 Å². The highest BCUT2D eigenvalue weighted by atomic mass is 32.2. The second-order valence-corrected chi connectivity index (χ2v) is 9.91. The topological polar surface area (TPSA) is 152 Å². The third-order valence-corrected chi connectivity index (χ3v) is 7.38. The zero-order chi connectivity index (χ0) is 23.9. The number of para-hydroxylation sites is 1. The van der Waals surface area contributed by atoms with Crippen molar-refractivity contribution >= 4 is 33.4 Å². The number of benzene rings is 1. The molecule has 4 rings (SSSR count). The van der Waals surface area contributed by atoms with Crippen molar-refractivity contribution in [2.75, 3.05) is 11.5 Å². The van der Waals surface area contributed by atoms with Crippen molar-refractivity contribution in [3.8, 4) is 17.4 Å². The molecule has 0 saturated carbocycles. The van der Waals surface area contributed by atoms with E-state index in [2.05, 4.69) is 0 Å². The molecule has 0 bridgehead atoms. The fourth-order valence-corrected chi connectivity index (χ4v) is 5.67. The number of sulfone groups is 1. The number of amides is 2. The SMILES string of the molecule is CC1=C(C#N)C(=O)N(C2CCS(=O)(=O)C2)C(=O)/C1=C\c1ccc(-c2ccccc2[N+](=O)[O-])o1. The zero-order valence-electron chi connectivity index (χ0n) is 17.3. The van der Waals surface area contributed by atoms with Gasteiger partial charge in [-0.2, -0.15) is 5.26 Å². The van der Waals surface area contributed by atoms with Crippen molar-refractivity contribution in [2.24, 2.45) is 0 Å².